The van der Waals surface area contributed by atoms with Crippen LogP contribution in [0.3, 0.4) is 0 Å². The van der Waals surface area contributed by atoms with E-state index in [4.69, 9.17) is 0 Å². The van der Waals surface area contributed by atoms with E-state index in [0.29, 0.717) is 0 Å². The second-order valence-electron chi connectivity index (χ2n) is 10.7. The maximum absolute atomic E-state index is 14.1. The fraction of sp³-hybridized carbons (Fsp3) is 0.355. The van der Waals surface area contributed by atoms with Gasteiger partial charge in [0.1, 0.15) is 12.6 Å². The Morgan fingerprint density at radius 3 is 2.26 bits per heavy atom. The van der Waals surface area contributed by atoms with E-state index < -0.39 is 33.4 Å². The largest absolute Gasteiger partial charge is 0.352 e. The van der Waals surface area contributed by atoms with Crippen LogP contribution >= 0.6 is 0 Å². The molecule has 0 spiro atoms. The van der Waals surface area contributed by atoms with E-state index in [1.165, 1.54) is 23.1 Å². The predicted octanol–water partition coefficient (Wildman–Crippen LogP) is 4.37. The highest BCUT2D eigenvalue weighted by Crippen LogP contribution is 2.25. The molecule has 0 saturated heterocycles. The number of carbonyl (C=O) groups excluding carboxylic acids is 2. The summed E-state index contributed by atoms with van der Waals surface area (Å²) >= 11 is 0. The molecular weight excluding hydrogens is 556 g/mol. The standard InChI is InChI=1S/C31H36N4O6S/c1-23-15-17-25(18-16-23)21-33(29(19-24-9-4-3-5-10-24)31(37)32-26-11-6-7-12-26)30(36)22-34(42(2,40)41)27-13-8-14-28(20-27)35(38)39/h3-5,8-10,13-18,20,26,29H,6-7,11-12,19,21-22H2,1-2H3,(H,32,37)/t29-/m0/s1. The first kappa shape index (κ1) is 30.7. The number of hydrogen-bond acceptors (Lipinski definition) is 6. The minimum absolute atomic E-state index is 0.00893. The van der Waals surface area contributed by atoms with Crippen molar-refractivity contribution in [3.63, 3.8) is 0 Å². The molecule has 3 aromatic rings. The highest BCUT2D eigenvalue weighted by Gasteiger charge is 2.34. The Kier molecular flexibility index (Phi) is 9.95. The number of benzene rings is 3. The number of sulfonamides is 1. The molecule has 1 atom stereocenters. The van der Waals surface area contributed by atoms with Crippen molar-refractivity contribution in [1.82, 2.24) is 10.2 Å². The lowest BCUT2D eigenvalue weighted by Crippen LogP contribution is -2.54. The van der Waals surface area contributed by atoms with Crippen molar-refractivity contribution in [3.8, 4) is 0 Å². The van der Waals surface area contributed by atoms with Gasteiger partial charge in [-0.25, -0.2) is 8.42 Å². The minimum Gasteiger partial charge on any atom is -0.352 e. The Bertz CT molecular complexity index is 1510. The van der Waals surface area contributed by atoms with E-state index in [9.17, 15) is 28.1 Å². The van der Waals surface area contributed by atoms with Crippen LogP contribution < -0.4 is 9.62 Å². The Morgan fingerprint density at radius 1 is 0.976 bits per heavy atom. The van der Waals surface area contributed by atoms with Crippen LogP contribution in [0.4, 0.5) is 11.4 Å². The van der Waals surface area contributed by atoms with Gasteiger partial charge in [-0.15, -0.1) is 0 Å². The molecule has 11 heteroatoms. The monoisotopic (exact) mass is 592 g/mol. The van der Waals surface area contributed by atoms with Gasteiger partial charge in [0, 0.05) is 31.1 Å². The Balaban J connectivity index is 1.73. The summed E-state index contributed by atoms with van der Waals surface area (Å²) in [7, 11) is -4.03. The van der Waals surface area contributed by atoms with Gasteiger partial charge in [0.05, 0.1) is 16.9 Å². The third kappa shape index (κ3) is 8.16. The summed E-state index contributed by atoms with van der Waals surface area (Å²) in [4.78, 5) is 40.2. The number of nitrogens with one attached hydrogen (secondary N) is 1. The molecule has 3 aromatic carbocycles. The Hall–Kier alpha value is -4.25. The molecule has 222 valence electrons. The van der Waals surface area contributed by atoms with Crippen LogP contribution in [-0.2, 0) is 32.6 Å². The van der Waals surface area contributed by atoms with E-state index in [1.807, 2.05) is 61.5 Å². The zero-order valence-electron chi connectivity index (χ0n) is 23.8. The van der Waals surface area contributed by atoms with Crippen LogP contribution in [0.25, 0.3) is 0 Å². The summed E-state index contributed by atoms with van der Waals surface area (Å²) < 4.78 is 26.6. The van der Waals surface area contributed by atoms with Gasteiger partial charge in [-0.05, 0) is 37.0 Å². The van der Waals surface area contributed by atoms with Gasteiger partial charge in [-0.1, -0.05) is 79.1 Å². The van der Waals surface area contributed by atoms with Gasteiger partial charge in [-0.2, -0.15) is 0 Å². The van der Waals surface area contributed by atoms with Crippen molar-refractivity contribution in [2.45, 2.75) is 57.7 Å². The quantitative estimate of drug-likeness (QED) is 0.246. The molecule has 42 heavy (non-hydrogen) atoms. The Morgan fingerprint density at radius 2 is 1.64 bits per heavy atom. The van der Waals surface area contributed by atoms with Crippen molar-refractivity contribution >= 4 is 33.2 Å². The summed E-state index contributed by atoms with van der Waals surface area (Å²) in [6, 6.07) is 21.2. The van der Waals surface area contributed by atoms with Crippen LogP contribution in [-0.4, -0.2) is 54.9 Å². The lowest BCUT2D eigenvalue weighted by Gasteiger charge is -2.34. The smallest absolute Gasteiger partial charge is 0.271 e. The van der Waals surface area contributed by atoms with Crippen LogP contribution in [0.1, 0.15) is 42.4 Å². The van der Waals surface area contributed by atoms with E-state index in [0.717, 1.165) is 59.0 Å². The van der Waals surface area contributed by atoms with Crippen molar-refractivity contribution in [1.29, 1.82) is 0 Å². The molecule has 1 aliphatic rings. The number of nitro groups is 1. The minimum atomic E-state index is -4.03. The topological polar surface area (TPSA) is 130 Å². The normalized spacial score (nSPS) is 14.2. The lowest BCUT2D eigenvalue weighted by molar-refractivity contribution is -0.384. The number of carbonyl (C=O) groups is 2. The van der Waals surface area contributed by atoms with Crippen molar-refractivity contribution in [2.24, 2.45) is 0 Å². The van der Waals surface area contributed by atoms with Gasteiger partial charge in [0.2, 0.25) is 21.8 Å². The summed E-state index contributed by atoms with van der Waals surface area (Å²) in [5, 5.41) is 14.5. The maximum Gasteiger partial charge on any atom is 0.271 e. The molecule has 1 fully saturated rings. The van der Waals surface area contributed by atoms with Gasteiger partial charge < -0.3 is 10.2 Å². The second kappa shape index (κ2) is 13.6. The zero-order valence-corrected chi connectivity index (χ0v) is 24.6. The molecule has 0 heterocycles. The molecule has 2 amide bonds. The summed E-state index contributed by atoms with van der Waals surface area (Å²) in [6.07, 6.45) is 4.94. The zero-order chi connectivity index (χ0) is 30.3. The predicted molar refractivity (Wildman–Crippen MR) is 161 cm³/mol. The molecule has 1 N–H and O–H groups in total. The van der Waals surface area contributed by atoms with Crippen LogP contribution in [0, 0.1) is 17.0 Å². The van der Waals surface area contributed by atoms with Crippen LogP contribution in [0.5, 0.6) is 0 Å². The molecule has 0 aromatic heterocycles. The average Bonchev–Trinajstić information content (AvgIpc) is 3.47. The van der Waals surface area contributed by atoms with Crippen LogP contribution in [0.2, 0.25) is 0 Å². The molecule has 10 nitrogen and oxygen atoms in total. The number of hydrogen-bond donors (Lipinski definition) is 1. The molecule has 0 radical (unpaired) electrons. The van der Waals surface area contributed by atoms with Gasteiger partial charge in [-0.3, -0.25) is 24.0 Å². The van der Waals surface area contributed by atoms with Crippen molar-refractivity contribution in [2.75, 3.05) is 17.1 Å². The van der Waals surface area contributed by atoms with E-state index in [2.05, 4.69) is 5.32 Å². The first-order valence-electron chi connectivity index (χ1n) is 13.9. The second-order valence-corrected chi connectivity index (χ2v) is 12.7. The third-order valence-electron chi connectivity index (χ3n) is 7.45. The molecule has 0 bridgehead atoms. The third-order valence-corrected chi connectivity index (χ3v) is 8.59. The van der Waals surface area contributed by atoms with Gasteiger partial charge in [0.25, 0.3) is 5.69 Å². The highest BCUT2D eigenvalue weighted by molar-refractivity contribution is 7.92. The summed E-state index contributed by atoms with van der Waals surface area (Å²) in [5.41, 5.74) is 2.35. The number of non-ortho nitro benzene ring substituents is 1. The fourth-order valence-corrected chi connectivity index (χ4v) is 6.03. The van der Waals surface area contributed by atoms with E-state index >= 15 is 0 Å². The highest BCUT2D eigenvalue weighted by atomic mass is 32.2. The van der Waals surface area contributed by atoms with Crippen LogP contribution in [0.15, 0.2) is 78.9 Å². The Labute approximate surface area is 246 Å². The summed E-state index contributed by atoms with van der Waals surface area (Å²) in [5.74, 6) is -0.900. The molecule has 1 aliphatic carbocycles. The molecular formula is C31H36N4O6S. The molecule has 0 aliphatic heterocycles. The first-order valence-corrected chi connectivity index (χ1v) is 15.8. The number of anilines is 1. The van der Waals surface area contributed by atoms with Crippen molar-refractivity contribution < 1.29 is 22.9 Å². The average molecular weight is 593 g/mol. The summed E-state index contributed by atoms with van der Waals surface area (Å²) in [6.45, 7) is 1.39. The molecule has 4 rings (SSSR count). The first-order chi connectivity index (χ1) is 20.0. The molecule has 0 unspecified atom stereocenters. The SMILES string of the molecule is Cc1ccc(CN(C(=O)CN(c2cccc([N+](=O)[O-])c2)S(C)(=O)=O)[C@@H](Cc2ccccc2)C(=O)NC2CCCC2)cc1. The molecule has 1 saturated carbocycles. The maximum atomic E-state index is 14.1. The van der Waals surface area contributed by atoms with Gasteiger partial charge >= 0.3 is 0 Å². The van der Waals surface area contributed by atoms with E-state index in [-0.39, 0.29) is 36.3 Å². The number of nitrogens with zero attached hydrogens (tertiary/aromatic N) is 3. The number of rotatable bonds is 12. The lowest BCUT2D eigenvalue weighted by atomic mass is 10.0. The van der Waals surface area contributed by atoms with Crippen molar-refractivity contribution in [3.05, 3.63) is 106 Å². The fourth-order valence-electron chi connectivity index (χ4n) is 5.19. The van der Waals surface area contributed by atoms with E-state index in [1.54, 1.807) is 0 Å². The number of aryl methyl sites for hydroxylation is 1. The van der Waals surface area contributed by atoms with Gasteiger partial charge in [0.15, 0.2) is 0 Å². The number of amides is 2. The number of nitro benzene ring substituents is 1.